The lowest BCUT2D eigenvalue weighted by molar-refractivity contribution is -0.263. The number of rotatable bonds is 4. The number of carbonyl (C=O) groups excluding carboxylic acids is 2. The fourth-order valence-electron chi connectivity index (χ4n) is 7.67. The molecule has 0 aromatic heterocycles. The van der Waals surface area contributed by atoms with Crippen LogP contribution in [-0.4, -0.2) is 29.6 Å². The summed E-state index contributed by atoms with van der Waals surface area (Å²) in [5.41, 5.74) is 5.79. The van der Waals surface area contributed by atoms with Gasteiger partial charge in [-0.15, -0.1) is 0 Å². The van der Waals surface area contributed by atoms with Crippen molar-refractivity contribution in [2.45, 2.75) is 76.9 Å². The molecule has 32 heavy (non-hydrogen) atoms. The van der Waals surface area contributed by atoms with Crippen LogP contribution in [-0.2, 0) is 9.53 Å². The van der Waals surface area contributed by atoms with E-state index in [4.69, 9.17) is 4.74 Å². The second kappa shape index (κ2) is 7.78. The molecule has 1 aromatic carbocycles. The van der Waals surface area contributed by atoms with Crippen LogP contribution < -0.4 is 0 Å². The maximum atomic E-state index is 12.2. The largest absolute Gasteiger partial charge is 0.365 e. The normalized spacial score (nSPS) is 36.3. The number of aliphatic hydroxyl groups is 1. The molecule has 4 heteroatoms. The number of Topliss-reactive ketones (excluding diaryl/α,β-unsaturated/α-hetero) is 1. The first kappa shape index (κ1) is 21.8. The number of benzene rings is 1. The van der Waals surface area contributed by atoms with Crippen molar-refractivity contribution in [1.82, 2.24) is 0 Å². The topological polar surface area (TPSA) is 63.6 Å². The number of fused-ring (bicyclic) bond motifs is 4. The first-order valence-electron chi connectivity index (χ1n) is 12.2. The van der Waals surface area contributed by atoms with E-state index in [2.05, 4.69) is 19.1 Å². The summed E-state index contributed by atoms with van der Waals surface area (Å²) in [5, 5.41) is 11.6. The number of hydrogen-bond donors (Lipinski definition) is 1. The molecule has 5 rings (SSSR count). The van der Waals surface area contributed by atoms with Gasteiger partial charge >= 0.3 is 0 Å². The van der Waals surface area contributed by atoms with Crippen molar-refractivity contribution >= 4 is 11.6 Å². The Labute approximate surface area is 190 Å². The maximum absolute atomic E-state index is 12.2. The van der Waals surface area contributed by atoms with E-state index in [1.807, 2.05) is 18.2 Å². The van der Waals surface area contributed by atoms with Gasteiger partial charge in [0.05, 0.1) is 0 Å². The van der Waals surface area contributed by atoms with Crippen LogP contribution in [0.4, 0.5) is 0 Å². The van der Waals surface area contributed by atoms with E-state index >= 15 is 0 Å². The summed E-state index contributed by atoms with van der Waals surface area (Å²) in [4.78, 5) is 24.0. The van der Waals surface area contributed by atoms with Gasteiger partial charge in [0.1, 0.15) is 0 Å². The highest BCUT2D eigenvalue weighted by molar-refractivity contribution is 5.94. The molecule has 2 saturated carbocycles. The van der Waals surface area contributed by atoms with E-state index in [0.717, 1.165) is 44.1 Å². The Morgan fingerprint density at radius 2 is 1.91 bits per heavy atom. The fraction of sp³-hybridized carbons (Fsp3) is 0.571. The molecule has 5 atom stereocenters. The molecular formula is C28H34O4. The van der Waals surface area contributed by atoms with Gasteiger partial charge in [-0.3, -0.25) is 9.59 Å². The van der Waals surface area contributed by atoms with Gasteiger partial charge in [-0.1, -0.05) is 36.8 Å². The lowest BCUT2D eigenvalue weighted by atomic mass is 9.51. The highest BCUT2D eigenvalue weighted by Gasteiger charge is 2.65. The molecule has 0 aliphatic heterocycles. The second-order valence-corrected chi connectivity index (χ2v) is 10.3. The molecule has 0 saturated heterocycles. The minimum atomic E-state index is -1.10. The van der Waals surface area contributed by atoms with E-state index in [-0.39, 0.29) is 22.9 Å². The van der Waals surface area contributed by atoms with Crippen molar-refractivity contribution in [2.24, 2.45) is 17.3 Å². The SMILES string of the molecule is CC[C@]12C[C@H](c3ccc(C(C)=O)cc3)C3=C4CCC(=O)C=C4CC[C@H]3[C@@H]1CC[C@@]2(O)OC. The lowest BCUT2D eigenvalue weighted by Crippen LogP contribution is -2.54. The third-order valence-electron chi connectivity index (χ3n) is 9.22. The lowest BCUT2D eigenvalue weighted by Gasteiger charge is -2.55. The Bertz CT molecular complexity index is 1020. The zero-order valence-corrected chi connectivity index (χ0v) is 19.4. The summed E-state index contributed by atoms with van der Waals surface area (Å²) < 4.78 is 5.84. The fourth-order valence-corrected chi connectivity index (χ4v) is 7.67. The molecule has 1 aromatic rings. The molecule has 0 bridgehead atoms. The first-order chi connectivity index (χ1) is 15.3. The Morgan fingerprint density at radius 1 is 1.16 bits per heavy atom. The third kappa shape index (κ3) is 3.03. The van der Waals surface area contributed by atoms with Gasteiger partial charge in [0.2, 0.25) is 0 Å². The summed E-state index contributed by atoms with van der Waals surface area (Å²) >= 11 is 0. The second-order valence-electron chi connectivity index (χ2n) is 10.3. The molecule has 4 aliphatic rings. The predicted molar refractivity (Wildman–Crippen MR) is 123 cm³/mol. The van der Waals surface area contributed by atoms with Crippen LogP contribution >= 0.6 is 0 Å². The van der Waals surface area contributed by atoms with Crippen molar-refractivity contribution in [3.05, 3.63) is 58.2 Å². The van der Waals surface area contributed by atoms with E-state index < -0.39 is 5.79 Å². The summed E-state index contributed by atoms with van der Waals surface area (Å²) in [6.07, 6.45) is 8.68. The average molecular weight is 435 g/mol. The van der Waals surface area contributed by atoms with Gasteiger partial charge in [0.25, 0.3) is 0 Å². The predicted octanol–water partition coefficient (Wildman–Crippen LogP) is 5.51. The quantitative estimate of drug-likeness (QED) is 0.501. The number of carbonyl (C=O) groups is 2. The standard InChI is InChI=1S/C28H34O4/c1-4-27-16-24(19-7-5-18(6-8-19)17(2)29)26-22-12-10-21(30)15-20(22)9-11-23(26)25(27)13-14-28(27,31)32-3/h5-8,15,23-25,31H,4,9-14,16H2,1-3H3/t23-,24+,25-,27-,28+/m0/s1. The van der Waals surface area contributed by atoms with Crippen LogP contribution in [0.3, 0.4) is 0 Å². The smallest absolute Gasteiger partial charge is 0.171 e. The van der Waals surface area contributed by atoms with Crippen LogP contribution in [0.1, 0.15) is 87.1 Å². The van der Waals surface area contributed by atoms with Crippen LogP contribution in [0.2, 0.25) is 0 Å². The first-order valence-corrected chi connectivity index (χ1v) is 12.2. The monoisotopic (exact) mass is 434 g/mol. The molecule has 0 heterocycles. The van der Waals surface area contributed by atoms with Crippen molar-refractivity contribution in [3.63, 3.8) is 0 Å². The van der Waals surface area contributed by atoms with Gasteiger partial charge in [-0.2, -0.15) is 0 Å². The molecule has 0 radical (unpaired) electrons. The Morgan fingerprint density at radius 3 is 2.56 bits per heavy atom. The summed E-state index contributed by atoms with van der Waals surface area (Å²) in [6.45, 7) is 3.80. The number of allylic oxidation sites excluding steroid dienone is 4. The van der Waals surface area contributed by atoms with Crippen LogP contribution in [0.5, 0.6) is 0 Å². The Balaban J connectivity index is 1.69. The molecule has 2 fully saturated rings. The average Bonchev–Trinajstić information content (AvgIpc) is 3.11. The summed E-state index contributed by atoms with van der Waals surface area (Å²) in [5.74, 6) is 0.196. The molecule has 0 spiro atoms. The highest BCUT2D eigenvalue weighted by atomic mass is 16.6. The van der Waals surface area contributed by atoms with Gasteiger partial charge in [-0.05, 0) is 80.1 Å². The Hall–Kier alpha value is -2.04. The van der Waals surface area contributed by atoms with E-state index in [9.17, 15) is 14.7 Å². The minimum Gasteiger partial charge on any atom is -0.365 e. The van der Waals surface area contributed by atoms with E-state index in [1.165, 1.54) is 22.3 Å². The molecule has 0 unspecified atom stereocenters. The molecule has 170 valence electrons. The van der Waals surface area contributed by atoms with E-state index in [1.54, 1.807) is 14.0 Å². The Kier molecular flexibility index (Phi) is 5.29. The molecule has 1 N–H and O–H groups in total. The number of methoxy groups -OCH3 is 1. The summed E-state index contributed by atoms with van der Waals surface area (Å²) in [7, 11) is 1.65. The van der Waals surface area contributed by atoms with Crippen molar-refractivity contribution < 1.29 is 19.4 Å². The van der Waals surface area contributed by atoms with Crippen molar-refractivity contribution in [3.8, 4) is 0 Å². The molecule has 4 nitrogen and oxygen atoms in total. The molecule has 0 amide bonds. The van der Waals surface area contributed by atoms with Crippen molar-refractivity contribution in [2.75, 3.05) is 7.11 Å². The zero-order valence-electron chi connectivity index (χ0n) is 19.4. The number of hydrogen-bond acceptors (Lipinski definition) is 4. The van der Waals surface area contributed by atoms with Crippen LogP contribution in [0.25, 0.3) is 0 Å². The molecular weight excluding hydrogens is 400 g/mol. The van der Waals surface area contributed by atoms with Crippen molar-refractivity contribution in [1.29, 1.82) is 0 Å². The van der Waals surface area contributed by atoms with Crippen LogP contribution in [0.15, 0.2) is 47.1 Å². The highest BCUT2D eigenvalue weighted by Crippen LogP contribution is 2.68. The summed E-state index contributed by atoms with van der Waals surface area (Å²) in [6, 6.07) is 8.07. The van der Waals surface area contributed by atoms with Gasteiger partial charge < -0.3 is 9.84 Å². The number of ketones is 2. The van der Waals surface area contributed by atoms with Crippen LogP contribution in [0, 0.1) is 17.3 Å². The zero-order chi connectivity index (χ0) is 22.7. The van der Waals surface area contributed by atoms with E-state index in [0.29, 0.717) is 24.7 Å². The van der Waals surface area contributed by atoms with Gasteiger partial charge in [0.15, 0.2) is 17.4 Å². The maximum Gasteiger partial charge on any atom is 0.171 e. The van der Waals surface area contributed by atoms with Gasteiger partial charge in [0, 0.05) is 36.8 Å². The van der Waals surface area contributed by atoms with Gasteiger partial charge in [-0.25, -0.2) is 0 Å². The third-order valence-corrected chi connectivity index (χ3v) is 9.22. The minimum absolute atomic E-state index is 0.0726. The molecule has 4 aliphatic carbocycles. The number of ether oxygens (including phenoxy) is 1.